The number of aromatic amines is 1. The third-order valence-corrected chi connectivity index (χ3v) is 4.23. The Labute approximate surface area is 170 Å². The summed E-state index contributed by atoms with van der Waals surface area (Å²) in [5.41, 5.74) is 3.54. The Kier molecular flexibility index (Phi) is 6.40. The highest BCUT2D eigenvalue weighted by Crippen LogP contribution is 2.29. The Bertz CT molecular complexity index is 1080. The van der Waals surface area contributed by atoms with Gasteiger partial charge in [-0.1, -0.05) is 17.7 Å². The highest BCUT2D eigenvalue weighted by atomic mass is 35.5. The van der Waals surface area contributed by atoms with E-state index in [-0.39, 0.29) is 23.0 Å². The molecule has 150 valence electrons. The summed E-state index contributed by atoms with van der Waals surface area (Å²) in [7, 11) is 1.49. The monoisotopic (exact) mass is 417 g/mol. The number of nitrogens with zero attached hydrogens (tertiary/aromatic N) is 3. The summed E-state index contributed by atoms with van der Waals surface area (Å²) in [6.45, 7) is 1.63. The van der Waals surface area contributed by atoms with Crippen LogP contribution in [-0.2, 0) is 6.61 Å². The summed E-state index contributed by atoms with van der Waals surface area (Å²) in [6.07, 6.45) is 1.52. The normalized spacial score (nSPS) is 10.9. The lowest BCUT2D eigenvalue weighted by Gasteiger charge is -2.12. The van der Waals surface area contributed by atoms with Gasteiger partial charge in [0.15, 0.2) is 17.3 Å². The molecule has 0 radical (unpaired) electrons. The van der Waals surface area contributed by atoms with E-state index in [0.29, 0.717) is 22.8 Å². The smallest absolute Gasteiger partial charge is 0.363 e. The van der Waals surface area contributed by atoms with Crippen molar-refractivity contribution in [2.45, 2.75) is 13.5 Å². The highest BCUT2D eigenvalue weighted by Gasteiger charge is 2.10. The van der Waals surface area contributed by atoms with Gasteiger partial charge in [-0.15, -0.1) is 0 Å². The predicted octanol–water partition coefficient (Wildman–Crippen LogP) is 3.30. The van der Waals surface area contributed by atoms with Crippen LogP contribution in [0.5, 0.6) is 11.5 Å². The molecule has 0 aliphatic heterocycles. The van der Waals surface area contributed by atoms with Crippen LogP contribution in [0.3, 0.4) is 0 Å². The van der Waals surface area contributed by atoms with Gasteiger partial charge >= 0.3 is 5.69 Å². The van der Waals surface area contributed by atoms with Crippen LogP contribution in [0, 0.1) is 12.7 Å². The molecule has 1 heterocycles. The number of benzene rings is 2. The number of rotatable bonds is 7. The maximum absolute atomic E-state index is 13.9. The molecule has 0 aliphatic carbocycles. The number of anilines is 1. The second-order valence-corrected chi connectivity index (χ2v) is 6.25. The van der Waals surface area contributed by atoms with Crippen molar-refractivity contribution in [3.05, 3.63) is 74.5 Å². The zero-order valence-electron chi connectivity index (χ0n) is 15.6. The molecule has 0 unspecified atom stereocenters. The van der Waals surface area contributed by atoms with E-state index < -0.39 is 11.5 Å². The quantitative estimate of drug-likeness (QED) is 0.452. The number of hydrogen-bond acceptors (Lipinski definition) is 7. The maximum Gasteiger partial charge on any atom is 0.363 e. The summed E-state index contributed by atoms with van der Waals surface area (Å²) in [4.78, 5) is 15.0. The summed E-state index contributed by atoms with van der Waals surface area (Å²) >= 11 is 6.02. The number of hydrogen-bond donors (Lipinski definition) is 2. The summed E-state index contributed by atoms with van der Waals surface area (Å²) < 4.78 is 24.9. The number of hydrazone groups is 1. The van der Waals surface area contributed by atoms with E-state index in [0.717, 1.165) is 0 Å². The van der Waals surface area contributed by atoms with Crippen LogP contribution >= 0.6 is 11.6 Å². The van der Waals surface area contributed by atoms with Crippen molar-refractivity contribution in [1.82, 2.24) is 15.2 Å². The van der Waals surface area contributed by atoms with Crippen molar-refractivity contribution in [2.24, 2.45) is 5.10 Å². The molecule has 2 N–H and O–H groups in total. The zero-order valence-corrected chi connectivity index (χ0v) is 16.3. The van der Waals surface area contributed by atoms with Crippen LogP contribution < -0.4 is 20.6 Å². The summed E-state index contributed by atoms with van der Waals surface area (Å²) in [5.74, 6) is 0.671. The van der Waals surface area contributed by atoms with Gasteiger partial charge in [-0.25, -0.2) is 14.3 Å². The minimum atomic E-state index is -0.577. The molecule has 0 fully saturated rings. The van der Waals surface area contributed by atoms with Crippen molar-refractivity contribution in [3.63, 3.8) is 0 Å². The van der Waals surface area contributed by atoms with Gasteiger partial charge in [0.2, 0.25) is 0 Å². The second-order valence-electron chi connectivity index (χ2n) is 5.84. The lowest BCUT2D eigenvalue weighted by atomic mass is 10.2. The van der Waals surface area contributed by atoms with E-state index in [9.17, 15) is 9.18 Å². The third-order valence-electron chi connectivity index (χ3n) is 3.88. The molecular weight excluding hydrogens is 401 g/mol. The Morgan fingerprint density at radius 2 is 2.14 bits per heavy atom. The molecule has 2 aromatic carbocycles. The van der Waals surface area contributed by atoms with E-state index >= 15 is 0 Å². The molecule has 1 aromatic heterocycles. The van der Waals surface area contributed by atoms with Crippen molar-refractivity contribution in [3.8, 4) is 11.5 Å². The highest BCUT2D eigenvalue weighted by molar-refractivity contribution is 6.31. The van der Waals surface area contributed by atoms with Crippen LogP contribution in [0.25, 0.3) is 0 Å². The van der Waals surface area contributed by atoms with Crippen LogP contribution in [0.15, 0.2) is 46.3 Å². The van der Waals surface area contributed by atoms with Gasteiger partial charge in [0.05, 0.1) is 18.3 Å². The maximum atomic E-state index is 13.9. The SMILES string of the molecule is COc1cc(/C=N\Nc2nc(=O)[nH]nc2C)ccc1OCc1c(F)cccc1Cl. The zero-order chi connectivity index (χ0) is 20.8. The summed E-state index contributed by atoms with van der Waals surface area (Å²) in [6, 6.07) is 9.55. The van der Waals surface area contributed by atoms with E-state index in [1.807, 2.05) is 0 Å². The number of ether oxygens (including phenoxy) is 2. The number of aryl methyl sites for hydroxylation is 1. The largest absolute Gasteiger partial charge is 0.493 e. The number of halogens is 2. The number of H-pyrrole nitrogens is 1. The minimum absolute atomic E-state index is 0.0443. The van der Waals surface area contributed by atoms with Gasteiger partial charge in [0.1, 0.15) is 18.1 Å². The van der Waals surface area contributed by atoms with Crippen molar-refractivity contribution in [1.29, 1.82) is 0 Å². The topological polar surface area (TPSA) is 101 Å². The Hall–Kier alpha value is -3.46. The molecular formula is C19H17ClFN5O3. The Morgan fingerprint density at radius 1 is 1.31 bits per heavy atom. The van der Waals surface area contributed by atoms with Gasteiger partial charge < -0.3 is 9.47 Å². The van der Waals surface area contributed by atoms with Gasteiger partial charge in [-0.3, -0.25) is 5.43 Å². The number of aromatic nitrogens is 3. The van der Waals surface area contributed by atoms with Crippen molar-refractivity contribution < 1.29 is 13.9 Å². The molecule has 0 saturated carbocycles. The Morgan fingerprint density at radius 3 is 2.90 bits per heavy atom. The molecule has 10 heteroatoms. The fourth-order valence-corrected chi connectivity index (χ4v) is 2.59. The van der Waals surface area contributed by atoms with Gasteiger partial charge in [0.25, 0.3) is 0 Å². The van der Waals surface area contributed by atoms with E-state index in [1.54, 1.807) is 31.2 Å². The fraction of sp³-hybridized carbons (Fsp3) is 0.158. The van der Waals surface area contributed by atoms with Crippen LogP contribution in [0.4, 0.5) is 10.2 Å². The van der Waals surface area contributed by atoms with Crippen LogP contribution in [0.2, 0.25) is 5.02 Å². The van der Waals surface area contributed by atoms with E-state index in [1.165, 1.54) is 25.5 Å². The van der Waals surface area contributed by atoms with Gasteiger partial charge in [-0.05, 0) is 42.8 Å². The lowest BCUT2D eigenvalue weighted by Crippen LogP contribution is -2.15. The van der Waals surface area contributed by atoms with Gasteiger partial charge in [-0.2, -0.15) is 15.2 Å². The first-order valence-corrected chi connectivity index (χ1v) is 8.82. The standard InChI is InChI=1S/C19H17ClFN5O3/c1-11-18(23-19(27)26-24-11)25-22-9-12-6-7-16(17(8-12)28-2)29-10-13-14(20)4-3-5-15(13)21/h3-9H,10H2,1-2H3,(H2,23,25,26,27)/b22-9-. The van der Waals surface area contributed by atoms with E-state index in [4.69, 9.17) is 21.1 Å². The average molecular weight is 418 g/mol. The first-order valence-electron chi connectivity index (χ1n) is 8.44. The lowest BCUT2D eigenvalue weighted by molar-refractivity contribution is 0.280. The summed E-state index contributed by atoms with van der Waals surface area (Å²) in [5, 5.41) is 10.4. The molecule has 0 amide bonds. The average Bonchev–Trinajstić information content (AvgIpc) is 2.70. The van der Waals surface area contributed by atoms with Crippen molar-refractivity contribution >= 4 is 23.6 Å². The first kappa shape index (κ1) is 20.3. The molecule has 0 bridgehead atoms. The molecule has 8 nitrogen and oxygen atoms in total. The van der Waals surface area contributed by atoms with Crippen LogP contribution in [0.1, 0.15) is 16.8 Å². The molecule has 3 rings (SSSR count). The molecule has 0 atom stereocenters. The first-order chi connectivity index (χ1) is 14.0. The number of methoxy groups -OCH3 is 1. The van der Waals surface area contributed by atoms with E-state index in [2.05, 4.69) is 25.7 Å². The minimum Gasteiger partial charge on any atom is -0.493 e. The predicted molar refractivity (Wildman–Crippen MR) is 107 cm³/mol. The third kappa shape index (κ3) is 5.08. The Balaban J connectivity index is 1.71. The molecule has 0 spiro atoms. The van der Waals surface area contributed by atoms with Crippen molar-refractivity contribution in [2.75, 3.05) is 12.5 Å². The molecule has 0 aliphatic rings. The molecule has 0 saturated heterocycles. The van der Waals surface area contributed by atoms with Crippen LogP contribution in [-0.4, -0.2) is 28.5 Å². The number of nitrogens with one attached hydrogen (secondary N) is 2. The molecule has 29 heavy (non-hydrogen) atoms. The van der Waals surface area contributed by atoms with Gasteiger partial charge in [0, 0.05) is 5.56 Å². The second kappa shape index (κ2) is 9.16. The molecule has 3 aromatic rings. The fourth-order valence-electron chi connectivity index (χ4n) is 2.37.